The number of sulfonamides is 1. The van der Waals surface area contributed by atoms with Gasteiger partial charge in [-0.3, -0.25) is 9.78 Å². The fourth-order valence-corrected chi connectivity index (χ4v) is 4.94. The Kier molecular flexibility index (Phi) is 5.52. The molecule has 0 unspecified atom stereocenters. The summed E-state index contributed by atoms with van der Waals surface area (Å²) in [6.07, 6.45) is 7.22. The molecule has 2 heterocycles. The molecule has 2 aromatic heterocycles. The molecule has 10 heteroatoms. The molecule has 1 fully saturated rings. The van der Waals surface area contributed by atoms with E-state index in [0.29, 0.717) is 12.2 Å². The van der Waals surface area contributed by atoms with E-state index < -0.39 is 10.0 Å². The lowest BCUT2D eigenvalue weighted by Gasteiger charge is -2.20. The first-order valence-corrected chi connectivity index (χ1v) is 11.7. The maximum atomic E-state index is 12.7. The Bertz CT molecular complexity index is 1180. The van der Waals surface area contributed by atoms with Crippen LogP contribution in [-0.2, 0) is 10.0 Å². The summed E-state index contributed by atoms with van der Waals surface area (Å²) in [6, 6.07) is 7.55. The predicted molar refractivity (Wildman–Crippen MR) is 113 cm³/mol. The molecule has 1 aliphatic rings. The smallest absolute Gasteiger partial charge is 0.273 e. The van der Waals surface area contributed by atoms with Gasteiger partial charge >= 0.3 is 0 Å². The highest BCUT2D eigenvalue weighted by Gasteiger charge is 2.30. The number of benzene rings is 1. The van der Waals surface area contributed by atoms with Gasteiger partial charge < -0.3 is 5.32 Å². The largest absolute Gasteiger partial charge is 0.350 e. The van der Waals surface area contributed by atoms with Gasteiger partial charge in [-0.2, -0.15) is 0 Å². The van der Waals surface area contributed by atoms with Crippen molar-refractivity contribution in [2.45, 2.75) is 32.2 Å². The number of aromatic nitrogens is 4. The molecule has 30 heavy (non-hydrogen) atoms. The van der Waals surface area contributed by atoms with Gasteiger partial charge in [-0.15, -0.1) is 5.10 Å². The molecule has 4 rings (SSSR count). The molecule has 2 atom stereocenters. The maximum Gasteiger partial charge on any atom is 0.273 e. The van der Waals surface area contributed by atoms with Gasteiger partial charge in [0.2, 0.25) is 10.0 Å². The van der Waals surface area contributed by atoms with Crippen LogP contribution in [0.15, 0.2) is 36.7 Å². The van der Waals surface area contributed by atoms with E-state index in [0.717, 1.165) is 42.0 Å². The zero-order chi connectivity index (χ0) is 21.3. The second-order valence-electron chi connectivity index (χ2n) is 7.71. The monoisotopic (exact) mass is 428 g/mol. The Morgan fingerprint density at radius 2 is 2.10 bits per heavy atom. The van der Waals surface area contributed by atoms with Crippen LogP contribution in [0.1, 0.15) is 35.4 Å². The second-order valence-corrected chi connectivity index (χ2v) is 9.49. The van der Waals surface area contributed by atoms with Crippen LogP contribution in [0.25, 0.3) is 16.5 Å². The van der Waals surface area contributed by atoms with E-state index in [4.69, 9.17) is 0 Å². The van der Waals surface area contributed by atoms with E-state index in [2.05, 4.69) is 25.3 Å². The summed E-state index contributed by atoms with van der Waals surface area (Å²) in [6.45, 7) is 2.19. The van der Waals surface area contributed by atoms with Gasteiger partial charge in [0.25, 0.3) is 5.91 Å². The van der Waals surface area contributed by atoms with Crippen LogP contribution in [0.4, 0.5) is 0 Å². The predicted octanol–water partition coefficient (Wildman–Crippen LogP) is 1.57. The third-order valence-electron chi connectivity index (χ3n) is 5.54. The Morgan fingerprint density at radius 3 is 2.90 bits per heavy atom. The quantitative estimate of drug-likeness (QED) is 0.615. The normalized spacial score (nSPS) is 19.3. The van der Waals surface area contributed by atoms with Crippen LogP contribution in [0.3, 0.4) is 0 Å². The van der Waals surface area contributed by atoms with Crippen LogP contribution < -0.4 is 10.0 Å². The van der Waals surface area contributed by atoms with Gasteiger partial charge in [0.1, 0.15) is 0 Å². The first kappa shape index (κ1) is 20.4. The number of rotatable bonds is 6. The lowest BCUT2D eigenvalue weighted by molar-refractivity contribution is 0.0940. The Balaban J connectivity index is 1.50. The number of nitrogens with zero attached hydrogens (tertiary/aromatic N) is 4. The molecule has 0 aliphatic heterocycles. The van der Waals surface area contributed by atoms with Crippen LogP contribution in [-0.4, -0.2) is 53.1 Å². The van der Waals surface area contributed by atoms with Crippen molar-refractivity contribution in [2.75, 3.05) is 12.8 Å². The first-order chi connectivity index (χ1) is 14.3. The highest BCUT2D eigenvalue weighted by Crippen LogP contribution is 2.26. The number of hydrogen-bond donors (Lipinski definition) is 2. The van der Waals surface area contributed by atoms with Crippen LogP contribution in [0.2, 0.25) is 0 Å². The van der Waals surface area contributed by atoms with Crippen LogP contribution in [0.5, 0.6) is 0 Å². The van der Waals surface area contributed by atoms with Crippen molar-refractivity contribution in [3.05, 3.63) is 48.0 Å². The highest BCUT2D eigenvalue weighted by atomic mass is 32.2. The molecular formula is C20H24N6O3S. The minimum Gasteiger partial charge on any atom is -0.350 e. The average Bonchev–Trinajstić information content (AvgIpc) is 3.30. The highest BCUT2D eigenvalue weighted by molar-refractivity contribution is 7.88. The number of carbonyl (C=O) groups is 1. The molecular weight excluding hydrogens is 404 g/mol. The zero-order valence-corrected chi connectivity index (χ0v) is 17.7. The minimum absolute atomic E-state index is 0.0598. The Labute approximate surface area is 174 Å². The van der Waals surface area contributed by atoms with E-state index in [1.165, 1.54) is 0 Å². The molecule has 158 valence electrons. The van der Waals surface area contributed by atoms with Crippen molar-refractivity contribution in [3.8, 4) is 5.69 Å². The van der Waals surface area contributed by atoms with Gasteiger partial charge in [0.05, 0.1) is 17.6 Å². The SMILES string of the molecule is Cc1c(C(=O)NC[C@H]2CCC[C@@H]2NS(C)(=O)=O)nnn1-c1cccc2cnccc12. The molecule has 1 saturated carbocycles. The first-order valence-electron chi connectivity index (χ1n) is 9.84. The van der Waals surface area contributed by atoms with E-state index in [-0.39, 0.29) is 23.6 Å². The van der Waals surface area contributed by atoms with Crippen molar-refractivity contribution in [1.29, 1.82) is 0 Å². The second kappa shape index (κ2) is 8.11. The van der Waals surface area contributed by atoms with Gasteiger partial charge in [-0.25, -0.2) is 17.8 Å². The van der Waals surface area contributed by atoms with Gasteiger partial charge in [-0.05, 0) is 37.8 Å². The Morgan fingerprint density at radius 1 is 1.27 bits per heavy atom. The van der Waals surface area contributed by atoms with Crippen molar-refractivity contribution in [2.24, 2.45) is 5.92 Å². The van der Waals surface area contributed by atoms with Crippen molar-refractivity contribution in [3.63, 3.8) is 0 Å². The molecule has 3 aromatic rings. The van der Waals surface area contributed by atoms with Gasteiger partial charge in [0.15, 0.2) is 5.69 Å². The summed E-state index contributed by atoms with van der Waals surface area (Å²) in [4.78, 5) is 16.9. The average molecular weight is 429 g/mol. The van der Waals surface area contributed by atoms with E-state index in [1.54, 1.807) is 24.0 Å². The van der Waals surface area contributed by atoms with Crippen molar-refractivity contribution in [1.82, 2.24) is 30.0 Å². The summed E-state index contributed by atoms with van der Waals surface area (Å²) in [7, 11) is -3.28. The van der Waals surface area contributed by atoms with E-state index in [1.807, 2.05) is 24.3 Å². The molecule has 1 aromatic carbocycles. The lowest BCUT2D eigenvalue weighted by atomic mass is 10.0. The standard InChI is InChI=1S/C20H24N6O3S/c1-13-19(20(27)22-12-15-6-3-7-17(15)24-30(2,28)29)23-25-26(13)18-8-4-5-14-11-21-10-9-16(14)18/h4-5,8-11,15,17,24H,3,6-7,12H2,1-2H3,(H,22,27)/t15-,17+/m1/s1. The molecule has 0 saturated heterocycles. The van der Waals surface area contributed by atoms with E-state index in [9.17, 15) is 13.2 Å². The summed E-state index contributed by atoms with van der Waals surface area (Å²) < 4.78 is 27.4. The number of carbonyl (C=O) groups excluding carboxylic acids is 1. The molecule has 9 nitrogen and oxygen atoms in total. The zero-order valence-electron chi connectivity index (χ0n) is 16.9. The minimum atomic E-state index is -3.28. The molecule has 0 bridgehead atoms. The van der Waals surface area contributed by atoms with Gasteiger partial charge in [-0.1, -0.05) is 23.8 Å². The molecule has 1 amide bonds. The molecule has 1 aliphatic carbocycles. The summed E-state index contributed by atoms with van der Waals surface area (Å²) in [5, 5.41) is 13.1. The Hall–Kier alpha value is -2.85. The van der Waals surface area contributed by atoms with Crippen LogP contribution >= 0.6 is 0 Å². The van der Waals surface area contributed by atoms with Crippen molar-refractivity contribution >= 4 is 26.7 Å². The summed E-state index contributed by atoms with van der Waals surface area (Å²) in [5.41, 5.74) is 1.72. The summed E-state index contributed by atoms with van der Waals surface area (Å²) in [5.74, 6) is -0.254. The van der Waals surface area contributed by atoms with Crippen LogP contribution in [0, 0.1) is 12.8 Å². The fourth-order valence-electron chi connectivity index (χ4n) is 4.08. The van der Waals surface area contributed by atoms with Crippen molar-refractivity contribution < 1.29 is 13.2 Å². The third kappa shape index (κ3) is 4.19. The molecule has 0 radical (unpaired) electrons. The number of amides is 1. The number of nitrogens with one attached hydrogen (secondary N) is 2. The number of hydrogen-bond acceptors (Lipinski definition) is 6. The van der Waals surface area contributed by atoms with Gasteiger partial charge in [0, 0.05) is 35.8 Å². The fraction of sp³-hybridized carbons (Fsp3) is 0.400. The third-order valence-corrected chi connectivity index (χ3v) is 6.28. The molecule has 0 spiro atoms. The number of fused-ring (bicyclic) bond motifs is 1. The molecule has 2 N–H and O–H groups in total. The topological polar surface area (TPSA) is 119 Å². The maximum absolute atomic E-state index is 12.7. The van der Waals surface area contributed by atoms with E-state index >= 15 is 0 Å². The lowest BCUT2D eigenvalue weighted by Crippen LogP contribution is -2.41. The summed E-state index contributed by atoms with van der Waals surface area (Å²) >= 11 is 0. The number of pyridine rings is 1.